The first-order chi connectivity index (χ1) is 10.8. The highest BCUT2D eigenvalue weighted by Crippen LogP contribution is 2.35. The van der Waals surface area contributed by atoms with Crippen LogP contribution in [0.15, 0.2) is 54.6 Å². The summed E-state index contributed by atoms with van der Waals surface area (Å²) in [5.74, 6) is 0. The molecule has 0 saturated carbocycles. The Morgan fingerprint density at radius 3 is 2.61 bits per heavy atom. The lowest BCUT2D eigenvalue weighted by Crippen LogP contribution is -2.27. The molecular weight excluding hydrogens is 304 g/mol. The quantitative estimate of drug-likeness (QED) is 0.670. The van der Waals surface area contributed by atoms with Crippen LogP contribution in [0.1, 0.15) is 48.7 Å². The van der Waals surface area contributed by atoms with Gasteiger partial charge in [0.15, 0.2) is 0 Å². The van der Waals surface area contributed by atoms with Crippen molar-refractivity contribution in [3.8, 4) is 0 Å². The number of benzene rings is 2. The van der Waals surface area contributed by atoms with E-state index in [0.717, 1.165) is 0 Å². The van der Waals surface area contributed by atoms with Crippen molar-refractivity contribution in [3.05, 3.63) is 71.4 Å². The highest BCUT2D eigenvalue weighted by molar-refractivity contribution is 5.85. The Bertz CT molecular complexity index is 779. The number of nitrogens with one attached hydrogen (secondary N) is 2. The molecule has 2 N–H and O–H groups in total. The maximum Gasteiger partial charge on any atom is 0.0480 e. The number of fused-ring (bicyclic) bond motifs is 3. The predicted octanol–water partition coefficient (Wildman–Crippen LogP) is 5.32. The number of hydrogen-bond donors (Lipinski definition) is 2. The molecule has 3 aromatic rings. The third-order valence-electron chi connectivity index (χ3n) is 4.87. The molecule has 0 bridgehead atoms. The van der Waals surface area contributed by atoms with Gasteiger partial charge in [-0.2, -0.15) is 0 Å². The first kappa shape index (κ1) is 16.1. The van der Waals surface area contributed by atoms with E-state index in [1.54, 1.807) is 0 Å². The minimum absolute atomic E-state index is 0. The average Bonchev–Trinajstić information content (AvgIpc) is 2.95. The molecule has 0 fully saturated rings. The smallest absolute Gasteiger partial charge is 0.0480 e. The van der Waals surface area contributed by atoms with Crippen molar-refractivity contribution in [2.75, 3.05) is 0 Å². The van der Waals surface area contributed by atoms with Crippen molar-refractivity contribution in [1.29, 1.82) is 0 Å². The van der Waals surface area contributed by atoms with Crippen LogP contribution in [0.2, 0.25) is 0 Å². The maximum atomic E-state index is 3.82. The fraction of sp³-hybridized carbons (Fsp3) is 0.300. The van der Waals surface area contributed by atoms with E-state index in [9.17, 15) is 0 Å². The predicted molar refractivity (Wildman–Crippen MR) is 99.2 cm³/mol. The van der Waals surface area contributed by atoms with E-state index < -0.39 is 0 Å². The van der Waals surface area contributed by atoms with Crippen molar-refractivity contribution in [2.24, 2.45) is 0 Å². The lowest BCUT2D eigenvalue weighted by Gasteiger charge is -2.27. The van der Waals surface area contributed by atoms with Gasteiger partial charge in [-0.15, -0.1) is 12.4 Å². The second-order valence-electron chi connectivity index (χ2n) is 6.31. The average molecular weight is 327 g/mol. The van der Waals surface area contributed by atoms with Crippen LogP contribution in [0.3, 0.4) is 0 Å². The fourth-order valence-corrected chi connectivity index (χ4v) is 3.72. The summed E-state index contributed by atoms with van der Waals surface area (Å²) >= 11 is 0. The van der Waals surface area contributed by atoms with Gasteiger partial charge in [0, 0.05) is 28.7 Å². The zero-order valence-corrected chi connectivity index (χ0v) is 14.2. The monoisotopic (exact) mass is 326 g/mol. The molecule has 0 saturated heterocycles. The number of H-pyrrole nitrogens is 1. The van der Waals surface area contributed by atoms with Gasteiger partial charge >= 0.3 is 0 Å². The van der Waals surface area contributed by atoms with Gasteiger partial charge in [-0.3, -0.25) is 0 Å². The molecule has 4 rings (SSSR count). The molecule has 120 valence electrons. The molecule has 1 heterocycles. The zero-order chi connectivity index (χ0) is 14.9. The molecule has 0 spiro atoms. The normalized spacial score (nSPS) is 18.2. The summed E-state index contributed by atoms with van der Waals surface area (Å²) in [6, 6.07) is 20.2. The van der Waals surface area contributed by atoms with Crippen molar-refractivity contribution in [2.45, 2.75) is 38.3 Å². The number of aryl methyl sites for hydroxylation is 1. The molecule has 0 aliphatic heterocycles. The minimum Gasteiger partial charge on any atom is -0.357 e. The largest absolute Gasteiger partial charge is 0.357 e. The number of halogens is 1. The van der Waals surface area contributed by atoms with E-state index in [2.05, 4.69) is 71.8 Å². The Balaban J connectivity index is 0.00000156. The molecule has 2 nitrogen and oxygen atoms in total. The van der Waals surface area contributed by atoms with Gasteiger partial charge in [0.25, 0.3) is 0 Å². The standard InChI is InChI=1S/C20H22N2.ClH/c1-14(15-8-3-2-4-9-15)21-19-13-7-11-17-16-10-5-6-12-18(16)22-20(17)19;/h2-6,8-10,12,14,19,21-22H,7,11,13H2,1H3;1H/t14-,19?;/m1./s1. The summed E-state index contributed by atoms with van der Waals surface area (Å²) in [4.78, 5) is 3.66. The van der Waals surface area contributed by atoms with E-state index >= 15 is 0 Å². The van der Waals surface area contributed by atoms with Crippen molar-refractivity contribution < 1.29 is 0 Å². The Morgan fingerprint density at radius 1 is 1.04 bits per heavy atom. The van der Waals surface area contributed by atoms with Crippen molar-refractivity contribution in [3.63, 3.8) is 0 Å². The summed E-state index contributed by atoms with van der Waals surface area (Å²) in [6.07, 6.45) is 3.66. The highest BCUT2D eigenvalue weighted by Gasteiger charge is 2.25. The number of para-hydroxylation sites is 1. The molecule has 1 aliphatic rings. The van der Waals surface area contributed by atoms with Gasteiger partial charge in [0.2, 0.25) is 0 Å². The lowest BCUT2D eigenvalue weighted by molar-refractivity contribution is 0.410. The Morgan fingerprint density at radius 2 is 1.78 bits per heavy atom. The van der Waals surface area contributed by atoms with Crippen LogP contribution in [0, 0.1) is 0 Å². The van der Waals surface area contributed by atoms with Gasteiger partial charge in [-0.1, -0.05) is 48.5 Å². The summed E-state index contributed by atoms with van der Waals surface area (Å²) in [5, 5.41) is 5.22. The molecule has 23 heavy (non-hydrogen) atoms. The maximum absolute atomic E-state index is 3.82. The Hall–Kier alpha value is -1.77. The molecule has 3 heteroatoms. The van der Waals surface area contributed by atoms with Crippen LogP contribution in [-0.4, -0.2) is 4.98 Å². The SMILES string of the molecule is C[C@@H](NC1CCCc2c1[nH]c1ccccc21)c1ccccc1.Cl. The van der Waals surface area contributed by atoms with Gasteiger partial charge < -0.3 is 10.3 Å². The fourth-order valence-electron chi connectivity index (χ4n) is 3.72. The molecular formula is C20H23ClN2. The summed E-state index contributed by atoms with van der Waals surface area (Å²) < 4.78 is 0. The number of rotatable bonds is 3. The van der Waals surface area contributed by atoms with Crippen molar-refractivity contribution >= 4 is 23.3 Å². The van der Waals surface area contributed by atoms with Crippen LogP contribution in [-0.2, 0) is 6.42 Å². The summed E-state index contributed by atoms with van der Waals surface area (Å²) in [5.41, 5.74) is 5.54. The summed E-state index contributed by atoms with van der Waals surface area (Å²) in [7, 11) is 0. The van der Waals surface area contributed by atoms with Crippen LogP contribution in [0.4, 0.5) is 0 Å². The third-order valence-corrected chi connectivity index (χ3v) is 4.87. The minimum atomic E-state index is 0. The van der Waals surface area contributed by atoms with Crippen LogP contribution < -0.4 is 5.32 Å². The van der Waals surface area contributed by atoms with Crippen molar-refractivity contribution in [1.82, 2.24) is 10.3 Å². The van der Waals surface area contributed by atoms with Gasteiger partial charge in [0.05, 0.1) is 0 Å². The number of aromatic amines is 1. The molecule has 0 amide bonds. The number of aromatic nitrogens is 1. The van der Waals surface area contributed by atoms with Crippen LogP contribution in [0.25, 0.3) is 10.9 Å². The molecule has 1 aromatic heterocycles. The van der Waals surface area contributed by atoms with Gasteiger partial charge in [-0.05, 0) is 43.4 Å². The molecule has 1 aliphatic carbocycles. The second kappa shape index (κ2) is 6.77. The second-order valence-corrected chi connectivity index (χ2v) is 6.31. The molecule has 2 atom stereocenters. The van der Waals surface area contributed by atoms with Crippen LogP contribution >= 0.6 is 12.4 Å². The zero-order valence-electron chi connectivity index (χ0n) is 13.4. The van der Waals surface area contributed by atoms with E-state index in [1.165, 1.54) is 47.0 Å². The van der Waals surface area contributed by atoms with E-state index in [1.807, 2.05) is 0 Å². The lowest BCUT2D eigenvalue weighted by atomic mass is 9.91. The number of hydrogen-bond acceptors (Lipinski definition) is 1. The Kier molecular flexibility index (Phi) is 4.74. The topological polar surface area (TPSA) is 27.8 Å². The van der Waals surface area contributed by atoms with Gasteiger partial charge in [0.1, 0.15) is 0 Å². The molecule has 2 aromatic carbocycles. The van der Waals surface area contributed by atoms with E-state index in [4.69, 9.17) is 0 Å². The highest BCUT2D eigenvalue weighted by atomic mass is 35.5. The molecule has 1 unspecified atom stereocenters. The van der Waals surface area contributed by atoms with Gasteiger partial charge in [-0.25, -0.2) is 0 Å². The van der Waals surface area contributed by atoms with E-state index in [0.29, 0.717) is 12.1 Å². The Labute approximate surface area is 143 Å². The first-order valence-electron chi connectivity index (χ1n) is 8.23. The first-order valence-corrected chi connectivity index (χ1v) is 8.23. The summed E-state index contributed by atoms with van der Waals surface area (Å²) in [6.45, 7) is 2.26. The van der Waals surface area contributed by atoms with Crippen LogP contribution in [0.5, 0.6) is 0 Å². The molecule has 0 radical (unpaired) electrons. The third kappa shape index (κ3) is 3.01. The van der Waals surface area contributed by atoms with E-state index in [-0.39, 0.29) is 12.4 Å².